The average Bonchev–Trinajstić information content (AvgIpc) is 2.92. The Labute approximate surface area is 168 Å². The van der Waals surface area contributed by atoms with Crippen LogP contribution in [0.2, 0.25) is 0 Å². The first kappa shape index (κ1) is 18.1. The van der Waals surface area contributed by atoms with Crippen molar-refractivity contribution in [3.63, 3.8) is 0 Å². The van der Waals surface area contributed by atoms with Gasteiger partial charge in [-0.25, -0.2) is 0 Å². The molecule has 3 aliphatic carbocycles. The zero-order valence-corrected chi connectivity index (χ0v) is 17.2. The highest BCUT2D eigenvalue weighted by atomic mass is 16.1. The minimum atomic E-state index is 0.124. The fourth-order valence-corrected chi connectivity index (χ4v) is 7.29. The highest BCUT2D eigenvalue weighted by Gasteiger charge is 2.57. The molecule has 0 aromatic carbocycles. The summed E-state index contributed by atoms with van der Waals surface area (Å²) in [6.07, 6.45) is 14.8. The molecule has 3 fully saturated rings. The van der Waals surface area contributed by atoms with Crippen LogP contribution < -0.4 is 5.32 Å². The van der Waals surface area contributed by atoms with Crippen LogP contribution >= 0.6 is 0 Å². The molecule has 4 aliphatic rings. The lowest BCUT2D eigenvalue weighted by Crippen LogP contribution is -2.48. The van der Waals surface area contributed by atoms with E-state index in [1.807, 2.05) is 18.3 Å². The maximum absolute atomic E-state index is 12.1. The summed E-state index contributed by atoms with van der Waals surface area (Å²) in [6.45, 7) is 5.81. The summed E-state index contributed by atoms with van der Waals surface area (Å²) in [6, 6.07) is 6.21. The Morgan fingerprint density at radius 3 is 2.75 bits per heavy atom. The molecule has 0 bridgehead atoms. The normalized spacial score (nSPS) is 41.4. The summed E-state index contributed by atoms with van der Waals surface area (Å²) >= 11 is 0. The fourth-order valence-electron chi connectivity index (χ4n) is 7.29. The number of nitrogens with one attached hydrogen (secondary N) is 1. The number of hydrogen-bond donors (Lipinski definition) is 1. The predicted molar refractivity (Wildman–Crippen MR) is 112 cm³/mol. The summed E-state index contributed by atoms with van der Waals surface area (Å²) in [4.78, 5) is 16.6. The molecule has 3 heteroatoms. The monoisotopic (exact) mass is 376 g/mol. The summed E-state index contributed by atoms with van der Waals surface area (Å²) in [5.41, 5.74) is 4.69. The van der Waals surface area contributed by atoms with Gasteiger partial charge in [0.25, 0.3) is 0 Å². The molecule has 0 unspecified atom stereocenters. The first-order chi connectivity index (χ1) is 13.5. The highest BCUT2D eigenvalue weighted by molar-refractivity contribution is 5.88. The van der Waals surface area contributed by atoms with Crippen LogP contribution in [0.1, 0.15) is 64.5 Å². The number of carbonyl (C=O) groups is 1. The Balaban J connectivity index is 1.46. The van der Waals surface area contributed by atoms with Crippen molar-refractivity contribution in [2.45, 2.75) is 58.8 Å². The SMILES string of the molecule is C[C@]12CCNC(=O)C=C1CC[C@@H]1[C@@H]2CC[C@]2(C)/C(=C/c3ccccn3)CC[C@@H]12. The molecule has 0 radical (unpaired) electrons. The third-order valence-corrected chi connectivity index (χ3v) is 8.84. The van der Waals surface area contributed by atoms with Crippen molar-refractivity contribution in [2.75, 3.05) is 6.54 Å². The van der Waals surface area contributed by atoms with Gasteiger partial charge in [-0.3, -0.25) is 9.78 Å². The van der Waals surface area contributed by atoms with Crippen molar-refractivity contribution < 1.29 is 4.79 Å². The van der Waals surface area contributed by atoms with Crippen molar-refractivity contribution in [2.24, 2.45) is 28.6 Å². The third-order valence-electron chi connectivity index (χ3n) is 8.84. The topological polar surface area (TPSA) is 42.0 Å². The van der Waals surface area contributed by atoms with Crippen LogP contribution in [-0.4, -0.2) is 17.4 Å². The van der Waals surface area contributed by atoms with Crippen LogP contribution in [0.15, 0.2) is 41.6 Å². The Morgan fingerprint density at radius 2 is 1.93 bits per heavy atom. The minimum absolute atomic E-state index is 0.124. The van der Waals surface area contributed by atoms with Crippen molar-refractivity contribution in [1.82, 2.24) is 10.3 Å². The van der Waals surface area contributed by atoms with Crippen molar-refractivity contribution >= 4 is 12.0 Å². The van der Waals surface area contributed by atoms with E-state index in [0.717, 1.165) is 42.8 Å². The van der Waals surface area contributed by atoms with Gasteiger partial charge in [0.1, 0.15) is 0 Å². The first-order valence-electron chi connectivity index (χ1n) is 11.1. The van der Waals surface area contributed by atoms with Gasteiger partial charge in [0.15, 0.2) is 0 Å². The van der Waals surface area contributed by atoms with Crippen LogP contribution in [0, 0.1) is 28.6 Å². The molecule has 3 saturated carbocycles. The van der Waals surface area contributed by atoms with Crippen molar-refractivity contribution in [3.8, 4) is 0 Å². The number of aromatic nitrogens is 1. The van der Waals surface area contributed by atoms with Crippen LogP contribution in [-0.2, 0) is 4.79 Å². The number of hydrogen-bond acceptors (Lipinski definition) is 2. The van der Waals surface area contributed by atoms with Gasteiger partial charge in [-0.15, -0.1) is 0 Å². The number of fused-ring (bicyclic) bond motifs is 5. The van der Waals surface area contributed by atoms with E-state index in [9.17, 15) is 4.79 Å². The van der Waals surface area contributed by atoms with E-state index < -0.39 is 0 Å². The molecular weight excluding hydrogens is 344 g/mol. The number of amides is 1. The van der Waals surface area contributed by atoms with Crippen LogP contribution in [0.5, 0.6) is 0 Å². The Morgan fingerprint density at radius 1 is 1.07 bits per heavy atom. The van der Waals surface area contributed by atoms with Crippen LogP contribution in [0.3, 0.4) is 0 Å². The van der Waals surface area contributed by atoms with Gasteiger partial charge in [-0.1, -0.05) is 31.1 Å². The quantitative estimate of drug-likeness (QED) is 0.736. The fraction of sp³-hybridized carbons (Fsp3) is 0.600. The molecule has 1 aliphatic heterocycles. The Hall–Kier alpha value is -1.90. The Bertz CT molecular complexity index is 841. The Kier molecular flexibility index (Phi) is 4.26. The third kappa shape index (κ3) is 2.69. The second-order valence-corrected chi connectivity index (χ2v) is 9.96. The lowest BCUT2D eigenvalue weighted by atomic mass is 9.48. The van der Waals surface area contributed by atoms with E-state index in [2.05, 4.69) is 42.4 Å². The smallest absolute Gasteiger partial charge is 0.243 e. The molecule has 3 nitrogen and oxygen atoms in total. The predicted octanol–water partition coefficient (Wildman–Crippen LogP) is 5.15. The van der Waals surface area contributed by atoms with Crippen molar-refractivity contribution in [1.29, 1.82) is 0 Å². The molecular formula is C25H32N2O. The summed E-state index contributed by atoms with van der Waals surface area (Å²) in [5, 5.41) is 3.08. The lowest BCUT2D eigenvalue weighted by Gasteiger charge is -2.56. The first-order valence-corrected chi connectivity index (χ1v) is 11.1. The van der Waals surface area contributed by atoms with E-state index in [0.29, 0.717) is 5.41 Å². The zero-order valence-electron chi connectivity index (χ0n) is 17.2. The van der Waals surface area contributed by atoms with Gasteiger partial charge in [0.05, 0.1) is 5.69 Å². The molecule has 28 heavy (non-hydrogen) atoms. The molecule has 5 rings (SSSR count). The number of allylic oxidation sites excluding steroid dienone is 2. The summed E-state index contributed by atoms with van der Waals surface area (Å²) in [7, 11) is 0. The zero-order chi connectivity index (χ0) is 19.4. The lowest BCUT2D eigenvalue weighted by molar-refractivity contribution is -0.116. The molecule has 148 valence electrons. The van der Waals surface area contributed by atoms with Gasteiger partial charge in [-0.05, 0) is 91.7 Å². The molecule has 1 aromatic heterocycles. The van der Waals surface area contributed by atoms with Gasteiger partial charge in [-0.2, -0.15) is 0 Å². The maximum atomic E-state index is 12.1. The number of carbonyl (C=O) groups excluding carboxylic acids is 1. The van der Waals surface area contributed by atoms with Gasteiger partial charge < -0.3 is 5.32 Å². The van der Waals surface area contributed by atoms with Crippen LogP contribution in [0.4, 0.5) is 0 Å². The number of pyridine rings is 1. The average molecular weight is 377 g/mol. The molecule has 1 aromatic rings. The summed E-state index contributed by atoms with van der Waals surface area (Å²) in [5.74, 6) is 2.43. The standard InChI is InChI=1S/C25H32N2O/c1-24-11-10-22-20(8-6-18-16-23(28)27-14-12-25(18,22)2)21(24)9-7-17(24)15-19-5-3-4-13-26-19/h3-5,13,15-16,20-22H,6-12,14H2,1-2H3,(H,27,28)/b17-15+/t20-,21-,22-,24+,25-/m0/s1. The number of nitrogens with zero attached hydrogens (tertiary/aromatic N) is 1. The largest absolute Gasteiger partial charge is 0.353 e. The molecule has 0 spiro atoms. The van der Waals surface area contributed by atoms with Gasteiger partial charge in [0, 0.05) is 18.8 Å². The molecule has 1 amide bonds. The molecule has 0 saturated heterocycles. The second-order valence-electron chi connectivity index (χ2n) is 9.96. The minimum Gasteiger partial charge on any atom is -0.353 e. The van der Waals surface area contributed by atoms with E-state index in [4.69, 9.17) is 0 Å². The van der Waals surface area contributed by atoms with Crippen molar-refractivity contribution in [3.05, 3.63) is 47.3 Å². The van der Waals surface area contributed by atoms with E-state index in [1.165, 1.54) is 37.7 Å². The molecule has 2 heterocycles. The maximum Gasteiger partial charge on any atom is 0.243 e. The molecule has 1 N–H and O–H groups in total. The summed E-state index contributed by atoms with van der Waals surface area (Å²) < 4.78 is 0. The van der Waals surface area contributed by atoms with Gasteiger partial charge in [0.2, 0.25) is 5.91 Å². The van der Waals surface area contributed by atoms with E-state index >= 15 is 0 Å². The van der Waals surface area contributed by atoms with Gasteiger partial charge >= 0.3 is 0 Å². The second kappa shape index (κ2) is 6.57. The number of rotatable bonds is 1. The highest BCUT2D eigenvalue weighted by Crippen LogP contribution is 2.66. The van der Waals surface area contributed by atoms with E-state index in [-0.39, 0.29) is 11.3 Å². The molecule has 5 atom stereocenters. The van der Waals surface area contributed by atoms with E-state index in [1.54, 1.807) is 5.57 Å². The van der Waals surface area contributed by atoms with Crippen LogP contribution in [0.25, 0.3) is 6.08 Å².